The monoisotopic (exact) mass is 523 g/mol. The molecule has 1 aliphatic heterocycles. The van der Waals surface area contributed by atoms with Crippen LogP contribution in [-0.2, 0) is 20.5 Å². The number of aryl methyl sites for hydroxylation is 1. The van der Waals surface area contributed by atoms with Crippen LogP contribution in [0.15, 0.2) is 47.6 Å². The summed E-state index contributed by atoms with van der Waals surface area (Å²) < 4.78 is 29.2. The Hall–Kier alpha value is -2.62. The van der Waals surface area contributed by atoms with Crippen molar-refractivity contribution in [3.05, 3.63) is 54.1 Å². The third-order valence-electron chi connectivity index (χ3n) is 7.52. The first-order valence-electron chi connectivity index (χ1n) is 13.6. The summed E-state index contributed by atoms with van der Waals surface area (Å²) in [5, 5.41) is 9.09. The summed E-state index contributed by atoms with van der Waals surface area (Å²) in [6.07, 6.45) is 9.11. The van der Waals surface area contributed by atoms with Crippen molar-refractivity contribution in [2.24, 2.45) is 5.92 Å². The van der Waals surface area contributed by atoms with Gasteiger partial charge in [-0.1, -0.05) is 44.9 Å². The first-order valence-corrected chi connectivity index (χ1v) is 14.7. The third kappa shape index (κ3) is 5.09. The Kier molecular flexibility index (Phi) is 8.02. The molecule has 2 aliphatic rings. The highest BCUT2D eigenvalue weighted by Crippen LogP contribution is 2.43. The van der Waals surface area contributed by atoms with Gasteiger partial charge in [-0.25, -0.2) is 13.2 Å². The van der Waals surface area contributed by atoms with Crippen LogP contribution in [0.3, 0.4) is 0 Å². The molecular weight excluding hydrogens is 486 g/mol. The first-order chi connectivity index (χ1) is 18.1. The molecule has 0 N–H and O–H groups in total. The van der Waals surface area contributed by atoms with Crippen molar-refractivity contribution in [2.75, 3.05) is 13.2 Å². The molecule has 4 atom stereocenters. The van der Waals surface area contributed by atoms with E-state index in [0.717, 1.165) is 72.8 Å². The third-order valence-corrected chi connectivity index (χ3v) is 8.85. The summed E-state index contributed by atoms with van der Waals surface area (Å²) in [5.41, 5.74) is 3.40. The Bertz CT molecular complexity index is 1360. The van der Waals surface area contributed by atoms with Gasteiger partial charge in [-0.3, -0.25) is 4.40 Å². The minimum atomic E-state index is -1.39. The molecule has 0 bridgehead atoms. The van der Waals surface area contributed by atoms with Crippen molar-refractivity contribution in [1.82, 2.24) is 23.6 Å². The zero-order valence-electron chi connectivity index (χ0n) is 22.2. The molecule has 1 saturated carbocycles. The van der Waals surface area contributed by atoms with Gasteiger partial charge in [0.25, 0.3) is 0 Å². The van der Waals surface area contributed by atoms with E-state index in [9.17, 15) is 4.21 Å². The number of fused-ring (bicyclic) bond motifs is 3. The molecule has 37 heavy (non-hydrogen) atoms. The van der Waals surface area contributed by atoms with Crippen molar-refractivity contribution >= 4 is 27.8 Å². The van der Waals surface area contributed by atoms with Gasteiger partial charge in [0, 0.05) is 25.3 Å². The minimum absolute atomic E-state index is 0.233. The Morgan fingerprint density at radius 1 is 1.05 bits per heavy atom. The van der Waals surface area contributed by atoms with Gasteiger partial charge in [0.05, 0.1) is 28.8 Å². The highest BCUT2D eigenvalue weighted by Gasteiger charge is 2.39. The van der Waals surface area contributed by atoms with Crippen LogP contribution >= 0.6 is 0 Å². The average Bonchev–Trinajstić information content (AvgIpc) is 3.66. The molecule has 1 aliphatic carbocycles. The van der Waals surface area contributed by atoms with Crippen LogP contribution in [0, 0.1) is 12.8 Å². The molecule has 2 fully saturated rings. The van der Waals surface area contributed by atoms with E-state index in [-0.39, 0.29) is 12.0 Å². The normalized spacial score (nSPS) is 23.3. The van der Waals surface area contributed by atoms with Crippen LogP contribution in [0.2, 0.25) is 0 Å². The van der Waals surface area contributed by atoms with Gasteiger partial charge >= 0.3 is 0 Å². The molecule has 6 rings (SSSR count). The molecule has 0 radical (unpaired) electrons. The van der Waals surface area contributed by atoms with Gasteiger partial charge in [0.1, 0.15) is 5.82 Å². The van der Waals surface area contributed by atoms with Crippen LogP contribution in [0.1, 0.15) is 70.2 Å². The summed E-state index contributed by atoms with van der Waals surface area (Å²) >= 11 is 0. The topological polar surface area (TPSA) is 83.5 Å². The predicted octanol–water partition coefficient (Wildman–Crippen LogP) is 5.45. The molecule has 4 heterocycles. The van der Waals surface area contributed by atoms with Gasteiger partial charge < -0.3 is 9.47 Å². The Labute approximate surface area is 221 Å². The number of rotatable bonds is 6. The van der Waals surface area contributed by atoms with E-state index in [1.807, 2.05) is 57.3 Å². The first kappa shape index (κ1) is 26.0. The fourth-order valence-electron chi connectivity index (χ4n) is 5.63. The standard InChI is InChI=1S/C26H31N5O3S.C2H6/c1-3-18-14-20(34-19-9-12-33-13-10-19)15-22(18)25-29-28-24-16-27-26-23(31(24)25)8-11-30(26)35(32)21-6-4-17(2)5-7-21;1-2/h4-8,11,16,18-20,22H,3,9-10,12-15H2,1-2H3;1-2H3. The van der Waals surface area contributed by atoms with Gasteiger partial charge in [0.2, 0.25) is 0 Å². The molecule has 4 aromatic rings. The average molecular weight is 524 g/mol. The number of hydrogen-bond donors (Lipinski definition) is 0. The summed E-state index contributed by atoms with van der Waals surface area (Å²) in [6, 6.07) is 9.74. The SMILES string of the molecule is CC.CCC1CC(OC2CCOCC2)CC1c1nnc2cnc3c(ccn3S(=O)c3ccc(C)cc3)n12. The zero-order chi connectivity index (χ0) is 25.9. The van der Waals surface area contributed by atoms with Gasteiger partial charge in [-0.15, -0.1) is 10.2 Å². The summed E-state index contributed by atoms with van der Waals surface area (Å²) in [4.78, 5) is 5.36. The molecule has 0 spiro atoms. The lowest BCUT2D eigenvalue weighted by atomic mass is 9.93. The molecular formula is C28H37N5O3S. The van der Waals surface area contributed by atoms with Crippen LogP contribution in [0.4, 0.5) is 0 Å². The number of benzene rings is 1. The van der Waals surface area contributed by atoms with E-state index in [2.05, 4.69) is 26.5 Å². The Morgan fingerprint density at radius 3 is 2.54 bits per heavy atom. The van der Waals surface area contributed by atoms with E-state index < -0.39 is 11.0 Å². The van der Waals surface area contributed by atoms with Gasteiger partial charge in [-0.2, -0.15) is 0 Å². The van der Waals surface area contributed by atoms with Crippen molar-refractivity contribution in [3.8, 4) is 0 Å². The lowest BCUT2D eigenvalue weighted by Crippen LogP contribution is -2.27. The molecule has 9 heteroatoms. The van der Waals surface area contributed by atoms with E-state index >= 15 is 0 Å². The highest BCUT2D eigenvalue weighted by molar-refractivity contribution is 7.83. The fourth-order valence-corrected chi connectivity index (χ4v) is 6.70. The van der Waals surface area contributed by atoms with E-state index in [0.29, 0.717) is 17.7 Å². The molecule has 8 nitrogen and oxygen atoms in total. The molecule has 3 aromatic heterocycles. The lowest BCUT2D eigenvalue weighted by Gasteiger charge is -2.25. The van der Waals surface area contributed by atoms with Crippen LogP contribution in [0.5, 0.6) is 0 Å². The maximum absolute atomic E-state index is 13.3. The second-order valence-corrected chi connectivity index (χ2v) is 11.1. The van der Waals surface area contributed by atoms with Crippen LogP contribution in [-0.4, -0.2) is 53.2 Å². The second-order valence-electron chi connectivity index (χ2n) is 9.74. The lowest BCUT2D eigenvalue weighted by molar-refractivity contribution is -0.0668. The van der Waals surface area contributed by atoms with Crippen molar-refractivity contribution in [3.63, 3.8) is 0 Å². The maximum atomic E-state index is 13.3. The summed E-state index contributed by atoms with van der Waals surface area (Å²) in [7, 11) is -1.39. The number of hydrogen-bond acceptors (Lipinski definition) is 6. The van der Waals surface area contributed by atoms with E-state index in [4.69, 9.17) is 9.47 Å². The molecule has 1 saturated heterocycles. The molecule has 1 aromatic carbocycles. The van der Waals surface area contributed by atoms with Crippen molar-refractivity contribution < 1.29 is 13.7 Å². The van der Waals surface area contributed by atoms with E-state index in [1.165, 1.54) is 0 Å². The molecule has 4 unspecified atom stereocenters. The van der Waals surface area contributed by atoms with Crippen LogP contribution < -0.4 is 0 Å². The largest absolute Gasteiger partial charge is 0.381 e. The number of aromatic nitrogens is 5. The quantitative estimate of drug-likeness (QED) is 0.334. The molecule has 198 valence electrons. The second kappa shape index (κ2) is 11.4. The van der Waals surface area contributed by atoms with E-state index in [1.54, 1.807) is 10.2 Å². The summed E-state index contributed by atoms with van der Waals surface area (Å²) in [6.45, 7) is 9.85. The van der Waals surface area contributed by atoms with Crippen molar-refractivity contribution in [1.29, 1.82) is 0 Å². The minimum Gasteiger partial charge on any atom is -0.381 e. The van der Waals surface area contributed by atoms with Crippen molar-refractivity contribution in [2.45, 2.75) is 82.8 Å². The smallest absolute Gasteiger partial charge is 0.179 e. The highest BCUT2D eigenvalue weighted by atomic mass is 32.2. The maximum Gasteiger partial charge on any atom is 0.179 e. The number of ether oxygens (including phenoxy) is 2. The predicted molar refractivity (Wildman–Crippen MR) is 145 cm³/mol. The Balaban J connectivity index is 0.00000137. The van der Waals surface area contributed by atoms with Gasteiger partial charge in [0.15, 0.2) is 22.3 Å². The zero-order valence-corrected chi connectivity index (χ0v) is 23.0. The fraction of sp³-hybridized carbons (Fsp3) is 0.536. The van der Waals surface area contributed by atoms with Crippen LogP contribution in [0.25, 0.3) is 16.8 Å². The number of nitrogens with zero attached hydrogens (tertiary/aromatic N) is 5. The summed E-state index contributed by atoms with van der Waals surface area (Å²) in [5.74, 6) is 1.70. The Morgan fingerprint density at radius 2 is 1.81 bits per heavy atom. The molecule has 0 amide bonds. The van der Waals surface area contributed by atoms with Gasteiger partial charge in [-0.05, 0) is 56.7 Å².